The molecule has 116 valence electrons. The lowest BCUT2D eigenvalue weighted by Crippen LogP contribution is -2.22. The smallest absolute Gasteiger partial charge is 0.329 e. The van der Waals surface area contributed by atoms with Crippen LogP contribution in [-0.2, 0) is 11.0 Å². The van der Waals surface area contributed by atoms with Crippen LogP contribution in [0.5, 0.6) is 0 Å². The highest BCUT2D eigenvalue weighted by Crippen LogP contribution is 2.38. The van der Waals surface area contributed by atoms with Gasteiger partial charge in [0, 0.05) is 30.7 Å². The third-order valence-corrected chi connectivity index (χ3v) is 4.90. The highest BCUT2D eigenvalue weighted by Gasteiger charge is 2.31. The Labute approximate surface area is 129 Å². The molecule has 0 saturated carbocycles. The van der Waals surface area contributed by atoms with E-state index in [0.717, 1.165) is 17.7 Å². The van der Waals surface area contributed by atoms with Gasteiger partial charge in [0.15, 0.2) is 0 Å². The topological polar surface area (TPSA) is 25.2 Å². The first-order chi connectivity index (χ1) is 10.4. The number of amides is 1. The molecule has 3 nitrogen and oxygen atoms in total. The molecule has 2 aromatic rings. The SMILES string of the molecule is CN1C(=O)CS[C@@H]1c1ccn(-c2cccc(C(F)(F)F)c2)c1. The van der Waals surface area contributed by atoms with Crippen LogP contribution in [0.15, 0.2) is 42.7 Å². The van der Waals surface area contributed by atoms with E-state index in [9.17, 15) is 18.0 Å². The van der Waals surface area contributed by atoms with E-state index in [1.807, 2.05) is 6.07 Å². The van der Waals surface area contributed by atoms with Gasteiger partial charge in [-0.3, -0.25) is 4.79 Å². The summed E-state index contributed by atoms with van der Waals surface area (Å²) in [6, 6.07) is 6.99. The zero-order valence-electron chi connectivity index (χ0n) is 11.7. The van der Waals surface area contributed by atoms with Crippen LogP contribution in [0.3, 0.4) is 0 Å². The Hall–Kier alpha value is -1.89. The molecular weight excluding hydrogens is 313 g/mol. The molecule has 0 spiro atoms. The number of alkyl halides is 3. The molecule has 0 N–H and O–H groups in total. The van der Waals surface area contributed by atoms with Gasteiger partial charge in [-0.25, -0.2) is 0 Å². The van der Waals surface area contributed by atoms with Crippen molar-refractivity contribution < 1.29 is 18.0 Å². The maximum Gasteiger partial charge on any atom is 0.416 e. The minimum absolute atomic E-state index is 0.0572. The van der Waals surface area contributed by atoms with Crippen molar-refractivity contribution in [3.8, 4) is 5.69 Å². The Bertz CT molecular complexity index is 711. The van der Waals surface area contributed by atoms with Gasteiger partial charge in [0.05, 0.1) is 11.3 Å². The van der Waals surface area contributed by atoms with E-state index < -0.39 is 11.7 Å². The molecule has 0 unspecified atom stereocenters. The fourth-order valence-electron chi connectivity index (χ4n) is 2.38. The highest BCUT2D eigenvalue weighted by atomic mass is 32.2. The fourth-order valence-corrected chi connectivity index (χ4v) is 3.55. The molecule has 2 heterocycles. The number of benzene rings is 1. The standard InChI is InChI=1S/C15H13F3N2OS/c1-19-13(21)9-22-14(19)10-5-6-20(8-10)12-4-2-3-11(7-12)15(16,17)18/h2-8,14H,9H2,1H3/t14-/m1/s1. The lowest BCUT2D eigenvalue weighted by molar-refractivity contribution is -0.137. The molecule has 1 aliphatic heterocycles. The number of carbonyl (C=O) groups is 1. The number of thioether (sulfide) groups is 1. The molecule has 1 amide bonds. The molecular formula is C15H13F3N2OS. The Kier molecular flexibility index (Phi) is 3.68. The van der Waals surface area contributed by atoms with Crippen LogP contribution in [0, 0.1) is 0 Å². The van der Waals surface area contributed by atoms with E-state index in [1.54, 1.807) is 35.0 Å². The lowest BCUT2D eigenvalue weighted by atomic mass is 10.2. The molecule has 0 aliphatic carbocycles. The van der Waals surface area contributed by atoms with Crippen LogP contribution in [0.1, 0.15) is 16.5 Å². The normalized spacial score (nSPS) is 19.0. The second-order valence-electron chi connectivity index (χ2n) is 5.07. The molecule has 1 fully saturated rings. The Morgan fingerprint density at radius 2 is 2.05 bits per heavy atom. The summed E-state index contributed by atoms with van der Waals surface area (Å²) < 4.78 is 40.0. The van der Waals surface area contributed by atoms with E-state index >= 15 is 0 Å². The third-order valence-electron chi connectivity index (χ3n) is 3.58. The van der Waals surface area contributed by atoms with E-state index in [1.165, 1.54) is 17.8 Å². The second-order valence-corrected chi connectivity index (χ2v) is 6.14. The Morgan fingerprint density at radius 3 is 2.68 bits per heavy atom. The quantitative estimate of drug-likeness (QED) is 0.841. The summed E-state index contributed by atoms with van der Waals surface area (Å²) in [6.45, 7) is 0. The first-order valence-electron chi connectivity index (χ1n) is 6.59. The maximum absolute atomic E-state index is 12.8. The van der Waals surface area contributed by atoms with Crippen molar-refractivity contribution in [1.82, 2.24) is 9.47 Å². The van der Waals surface area contributed by atoms with Gasteiger partial charge in [-0.05, 0) is 24.3 Å². The summed E-state index contributed by atoms with van der Waals surface area (Å²) in [7, 11) is 1.73. The molecule has 0 radical (unpaired) electrons. The summed E-state index contributed by atoms with van der Waals surface area (Å²) in [5.41, 5.74) is 0.664. The van der Waals surface area contributed by atoms with Crippen molar-refractivity contribution in [1.29, 1.82) is 0 Å². The molecule has 1 atom stereocenters. The predicted octanol–water partition coefficient (Wildman–Crippen LogP) is 3.70. The van der Waals surface area contributed by atoms with Crippen molar-refractivity contribution >= 4 is 17.7 Å². The van der Waals surface area contributed by atoms with Crippen molar-refractivity contribution in [3.05, 3.63) is 53.9 Å². The summed E-state index contributed by atoms with van der Waals surface area (Å²) in [4.78, 5) is 13.2. The molecule has 3 rings (SSSR count). The van der Waals surface area contributed by atoms with Gasteiger partial charge in [-0.15, -0.1) is 11.8 Å². The number of carbonyl (C=O) groups excluding carboxylic acids is 1. The molecule has 1 saturated heterocycles. The van der Waals surface area contributed by atoms with Gasteiger partial charge in [-0.2, -0.15) is 13.2 Å². The zero-order valence-corrected chi connectivity index (χ0v) is 12.5. The monoisotopic (exact) mass is 326 g/mol. The van der Waals surface area contributed by atoms with Gasteiger partial charge in [0.2, 0.25) is 5.91 Å². The molecule has 1 aromatic carbocycles. The third kappa shape index (κ3) is 2.72. The summed E-state index contributed by atoms with van der Waals surface area (Å²) in [5, 5.41) is -0.0838. The van der Waals surface area contributed by atoms with Crippen LogP contribution in [0.2, 0.25) is 0 Å². The van der Waals surface area contributed by atoms with Crippen molar-refractivity contribution in [2.45, 2.75) is 11.6 Å². The minimum Gasteiger partial charge on any atom is -0.329 e. The minimum atomic E-state index is -4.36. The number of nitrogens with zero attached hydrogens (tertiary/aromatic N) is 2. The average molecular weight is 326 g/mol. The average Bonchev–Trinajstić information content (AvgIpc) is 3.07. The second kappa shape index (κ2) is 5.39. The maximum atomic E-state index is 12.8. The largest absolute Gasteiger partial charge is 0.416 e. The Balaban J connectivity index is 1.90. The van der Waals surface area contributed by atoms with Crippen molar-refractivity contribution in [2.75, 3.05) is 12.8 Å². The van der Waals surface area contributed by atoms with E-state index in [0.29, 0.717) is 11.4 Å². The van der Waals surface area contributed by atoms with Crippen LogP contribution >= 0.6 is 11.8 Å². The van der Waals surface area contributed by atoms with Crippen molar-refractivity contribution in [2.24, 2.45) is 0 Å². The fraction of sp³-hybridized carbons (Fsp3) is 0.267. The number of aromatic nitrogens is 1. The number of hydrogen-bond acceptors (Lipinski definition) is 2. The van der Waals surface area contributed by atoms with Gasteiger partial charge in [0.25, 0.3) is 0 Å². The first-order valence-corrected chi connectivity index (χ1v) is 7.64. The molecule has 1 aliphatic rings. The van der Waals surface area contributed by atoms with Crippen LogP contribution in [0.4, 0.5) is 13.2 Å². The summed E-state index contributed by atoms with van der Waals surface area (Å²) >= 11 is 1.51. The lowest BCUT2D eigenvalue weighted by Gasteiger charge is -2.17. The molecule has 0 bridgehead atoms. The predicted molar refractivity (Wildman–Crippen MR) is 78.7 cm³/mol. The van der Waals surface area contributed by atoms with Crippen LogP contribution < -0.4 is 0 Å². The van der Waals surface area contributed by atoms with E-state index in [4.69, 9.17) is 0 Å². The van der Waals surface area contributed by atoms with Crippen LogP contribution in [-0.4, -0.2) is 28.2 Å². The van der Waals surface area contributed by atoms with Gasteiger partial charge in [0.1, 0.15) is 5.37 Å². The van der Waals surface area contributed by atoms with Crippen molar-refractivity contribution in [3.63, 3.8) is 0 Å². The van der Waals surface area contributed by atoms with Gasteiger partial charge in [-0.1, -0.05) is 6.07 Å². The van der Waals surface area contributed by atoms with E-state index in [-0.39, 0.29) is 11.3 Å². The molecule has 22 heavy (non-hydrogen) atoms. The molecule has 1 aromatic heterocycles. The van der Waals surface area contributed by atoms with E-state index in [2.05, 4.69) is 0 Å². The highest BCUT2D eigenvalue weighted by molar-refractivity contribution is 8.00. The zero-order chi connectivity index (χ0) is 15.9. The number of halogens is 3. The summed E-state index contributed by atoms with van der Waals surface area (Å²) in [5.74, 6) is 0.484. The number of rotatable bonds is 2. The van der Waals surface area contributed by atoms with Gasteiger partial charge >= 0.3 is 6.18 Å². The Morgan fingerprint density at radius 1 is 1.27 bits per heavy atom. The molecule has 7 heteroatoms. The van der Waals surface area contributed by atoms with Crippen LogP contribution in [0.25, 0.3) is 5.69 Å². The summed E-state index contributed by atoms with van der Waals surface area (Å²) in [6.07, 6.45) is -0.885. The number of hydrogen-bond donors (Lipinski definition) is 0. The van der Waals surface area contributed by atoms with Gasteiger partial charge < -0.3 is 9.47 Å². The first kappa shape index (κ1) is 15.0.